The van der Waals surface area contributed by atoms with Gasteiger partial charge in [-0.2, -0.15) is 5.26 Å². The molecule has 0 saturated heterocycles. The van der Waals surface area contributed by atoms with Crippen molar-refractivity contribution in [1.29, 1.82) is 5.26 Å². The van der Waals surface area contributed by atoms with Crippen LogP contribution < -0.4 is 5.32 Å². The molecular formula is C16H18N4O. The van der Waals surface area contributed by atoms with Crippen LogP contribution in [0, 0.1) is 11.3 Å². The van der Waals surface area contributed by atoms with Crippen molar-refractivity contribution in [2.75, 3.05) is 5.32 Å². The second kappa shape index (κ2) is 7.25. The van der Waals surface area contributed by atoms with Crippen molar-refractivity contribution < 1.29 is 4.79 Å². The fourth-order valence-electron chi connectivity index (χ4n) is 2.12. The third-order valence-electron chi connectivity index (χ3n) is 3.22. The molecule has 1 aromatic heterocycles. The molecule has 0 atom stereocenters. The van der Waals surface area contributed by atoms with Crippen molar-refractivity contribution >= 4 is 11.6 Å². The quantitative estimate of drug-likeness (QED) is 0.885. The second-order valence-corrected chi connectivity index (χ2v) is 4.73. The minimum Gasteiger partial charge on any atom is -0.335 e. The summed E-state index contributed by atoms with van der Waals surface area (Å²) in [6.45, 7) is 2.86. The van der Waals surface area contributed by atoms with Crippen molar-refractivity contribution in [3.05, 3.63) is 48.0 Å². The summed E-state index contributed by atoms with van der Waals surface area (Å²) in [5, 5.41) is 11.5. The van der Waals surface area contributed by atoms with Crippen LogP contribution in [-0.4, -0.2) is 15.5 Å². The molecule has 1 amide bonds. The molecule has 0 saturated carbocycles. The van der Waals surface area contributed by atoms with Gasteiger partial charge in [0.25, 0.3) is 0 Å². The van der Waals surface area contributed by atoms with E-state index in [0.29, 0.717) is 12.0 Å². The molecule has 1 aromatic carbocycles. The van der Waals surface area contributed by atoms with Gasteiger partial charge in [-0.3, -0.25) is 4.79 Å². The number of aryl methyl sites for hydroxylation is 2. The Bertz CT molecular complexity index is 637. The van der Waals surface area contributed by atoms with Gasteiger partial charge in [-0.05, 0) is 30.7 Å². The number of anilines is 1. The number of imidazole rings is 1. The Labute approximate surface area is 124 Å². The molecule has 0 bridgehead atoms. The first kappa shape index (κ1) is 14.8. The van der Waals surface area contributed by atoms with E-state index in [9.17, 15) is 4.79 Å². The van der Waals surface area contributed by atoms with Crippen molar-refractivity contribution in [2.45, 2.75) is 32.7 Å². The zero-order valence-electron chi connectivity index (χ0n) is 12.0. The average molecular weight is 282 g/mol. The number of aromatic nitrogens is 2. The number of hydrogen-bond donors (Lipinski definition) is 1. The first-order valence-corrected chi connectivity index (χ1v) is 7.03. The fraction of sp³-hybridized carbons (Fsp3) is 0.312. The third kappa shape index (κ3) is 4.18. The summed E-state index contributed by atoms with van der Waals surface area (Å²) in [6, 6.07) is 8.90. The second-order valence-electron chi connectivity index (χ2n) is 4.73. The molecule has 5 nitrogen and oxygen atoms in total. The van der Waals surface area contributed by atoms with Gasteiger partial charge >= 0.3 is 0 Å². The van der Waals surface area contributed by atoms with Crippen LogP contribution in [0.2, 0.25) is 0 Å². The number of nitrogens with one attached hydrogen (secondary N) is 1. The van der Waals surface area contributed by atoms with Gasteiger partial charge < -0.3 is 9.88 Å². The minimum atomic E-state index is -0.0159. The molecular weight excluding hydrogens is 264 g/mol. The minimum absolute atomic E-state index is 0.0159. The first-order valence-electron chi connectivity index (χ1n) is 7.03. The fourth-order valence-corrected chi connectivity index (χ4v) is 2.12. The van der Waals surface area contributed by atoms with Gasteiger partial charge in [0.2, 0.25) is 5.91 Å². The van der Waals surface area contributed by atoms with Crippen LogP contribution in [-0.2, 0) is 17.8 Å². The van der Waals surface area contributed by atoms with E-state index in [0.717, 1.165) is 30.9 Å². The first-order chi connectivity index (χ1) is 10.2. The highest BCUT2D eigenvalue weighted by molar-refractivity contribution is 5.90. The molecule has 5 heteroatoms. The Hall–Kier alpha value is -2.61. The lowest BCUT2D eigenvalue weighted by Gasteiger charge is -2.07. The number of rotatable bonds is 6. The van der Waals surface area contributed by atoms with Gasteiger partial charge in [-0.15, -0.1) is 0 Å². The molecule has 2 aromatic rings. The summed E-state index contributed by atoms with van der Waals surface area (Å²) >= 11 is 0. The van der Waals surface area contributed by atoms with Crippen LogP contribution in [0.15, 0.2) is 36.7 Å². The van der Waals surface area contributed by atoms with Crippen LogP contribution in [0.25, 0.3) is 0 Å². The Morgan fingerprint density at radius 3 is 2.81 bits per heavy atom. The summed E-state index contributed by atoms with van der Waals surface area (Å²) in [5.41, 5.74) is 1.30. The van der Waals surface area contributed by atoms with Gasteiger partial charge in [-0.1, -0.05) is 6.92 Å². The van der Waals surface area contributed by atoms with E-state index in [1.807, 2.05) is 12.3 Å². The lowest BCUT2D eigenvalue weighted by molar-refractivity contribution is -0.116. The standard InChI is InChI=1S/C16H18N4O/c1-2-15-18-9-11-20(15)10-3-4-16(21)19-14-7-5-13(12-17)6-8-14/h5-9,11H,2-4,10H2,1H3,(H,19,21). The Morgan fingerprint density at radius 1 is 1.38 bits per heavy atom. The van der Waals surface area contributed by atoms with Crippen LogP contribution in [0.3, 0.4) is 0 Å². The molecule has 0 radical (unpaired) electrons. The summed E-state index contributed by atoms with van der Waals surface area (Å²) < 4.78 is 2.08. The Kier molecular flexibility index (Phi) is 5.10. The molecule has 108 valence electrons. The van der Waals surface area contributed by atoms with E-state index >= 15 is 0 Å². The number of carbonyl (C=O) groups is 1. The van der Waals surface area contributed by atoms with E-state index in [-0.39, 0.29) is 5.91 Å². The third-order valence-corrected chi connectivity index (χ3v) is 3.22. The van der Waals surface area contributed by atoms with Crippen LogP contribution in [0.5, 0.6) is 0 Å². The molecule has 1 N–H and O–H groups in total. The lowest BCUT2D eigenvalue weighted by atomic mass is 10.2. The summed E-state index contributed by atoms with van der Waals surface area (Å²) in [5.74, 6) is 1.03. The number of amides is 1. The highest BCUT2D eigenvalue weighted by Crippen LogP contribution is 2.10. The summed E-state index contributed by atoms with van der Waals surface area (Å²) in [7, 11) is 0. The maximum absolute atomic E-state index is 11.8. The van der Waals surface area contributed by atoms with Gasteiger partial charge in [-0.25, -0.2) is 4.98 Å². The zero-order valence-corrected chi connectivity index (χ0v) is 12.0. The van der Waals surface area contributed by atoms with E-state index in [4.69, 9.17) is 5.26 Å². The smallest absolute Gasteiger partial charge is 0.224 e. The number of hydrogen-bond acceptors (Lipinski definition) is 3. The van der Waals surface area contributed by atoms with Crippen LogP contribution in [0.4, 0.5) is 5.69 Å². The number of benzene rings is 1. The topological polar surface area (TPSA) is 70.7 Å². The average Bonchev–Trinajstić information content (AvgIpc) is 2.95. The highest BCUT2D eigenvalue weighted by Gasteiger charge is 2.04. The van der Waals surface area contributed by atoms with E-state index < -0.39 is 0 Å². The monoisotopic (exact) mass is 282 g/mol. The maximum Gasteiger partial charge on any atom is 0.224 e. The predicted molar refractivity (Wildman–Crippen MR) is 80.6 cm³/mol. The lowest BCUT2D eigenvalue weighted by Crippen LogP contribution is -2.12. The normalized spacial score (nSPS) is 10.1. The van der Waals surface area contributed by atoms with Crippen molar-refractivity contribution in [1.82, 2.24) is 9.55 Å². The summed E-state index contributed by atoms with van der Waals surface area (Å²) in [4.78, 5) is 16.1. The maximum atomic E-state index is 11.8. The molecule has 0 unspecified atom stereocenters. The van der Waals surface area contributed by atoms with Crippen LogP contribution in [0.1, 0.15) is 31.2 Å². The zero-order chi connectivity index (χ0) is 15.1. The summed E-state index contributed by atoms with van der Waals surface area (Å²) in [6.07, 6.45) is 5.85. The molecule has 0 aliphatic rings. The highest BCUT2D eigenvalue weighted by atomic mass is 16.1. The molecule has 21 heavy (non-hydrogen) atoms. The molecule has 0 aliphatic carbocycles. The van der Waals surface area contributed by atoms with Crippen molar-refractivity contribution in [3.63, 3.8) is 0 Å². The molecule has 0 fully saturated rings. The van der Waals surface area contributed by atoms with Crippen LogP contribution >= 0.6 is 0 Å². The molecule has 0 aliphatic heterocycles. The van der Waals surface area contributed by atoms with Gasteiger partial charge in [0.05, 0.1) is 11.6 Å². The van der Waals surface area contributed by atoms with Crippen molar-refractivity contribution in [3.8, 4) is 6.07 Å². The van der Waals surface area contributed by atoms with Gasteiger partial charge in [0, 0.05) is 37.5 Å². The SMILES string of the molecule is CCc1nccn1CCCC(=O)Nc1ccc(C#N)cc1. The molecule has 2 rings (SSSR count). The van der Waals surface area contributed by atoms with Crippen molar-refractivity contribution in [2.24, 2.45) is 0 Å². The number of nitriles is 1. The largest absolute Gasteiger partial charge is 0.335 e. The van der Waals surface area contributed by atoms with E-state index in [1.165, 1.54) is 0 Å². The van der Waals surface area contributed by atoms with Gasteiger partial charge in [0.15, 0.2) is 0 Å². The Morgan fingerprint density at radius 2 is 2.14 bits per heavy atom. The predicted octanol–water partition coefficient (Wildman–Crippen LogP) is 2.74. The molecule has 0 spiro atoms. The van der Waals surface area contributed by atoms with E-state index in [1.54, 1.807) is 30.5 Å². The number of nitrogens with zero attached hydrogens (tertiary/aromatic N) is 3. The Balaban J connectivity index is 1.78. The van der Waals surface area contributed by atoms with Gasteiger partial charge in [0.1, 0.15) is 5.82 Å². The van der Waals surface area contributed by atoms with E-state index in [2.05, 4.69) is 21.8 Å². The number of carbonyl (C=O) groups excluding carboxylic acids is 1. The molecule has 1 heterocycles.